The Labute approximate surface area is 202 Å². The molecule has 3 aliphatic heterocycles. The SMILES string of the molecule is CCS(=O)(=O)N1[C@@H]2CCC[C@H]1C[C@H](N(C)c1nc(NC(=N)/C=C(/C)N)cc(C3CCCO3)n1)C2. The van der Waals surface area contributed by atoms with Gasteiger partial charge in [-0.1, -0.05) is 6.42 Å². The number of piperidine rings is 2. The van der Waals surface area contributed by atoms with Gasteiger partial charge in [-0.15, -0.1) is 0 Å². The summed E-state index contributed by atoms with van der Waals surface area (Å²) < 4.78 is 33.2. The fourth-order valence-corrected chi connectivity index (χ4v) is 7.03. The molecule has 0 aliphatic carbocycles. The maximum absolute atomic E-state index is 12.8. The molecule has 3 fully saturated rings. The summed E-state index contributed by atoms with van der Waals surface area (Å²) in [5.74, 6) is 1.38. The molecule has 0 spiro atoms. The van der Waals surface area contributed by atoms with Gasteiger partial charge in [0.25, 0.3) is 0 Å². The minimum Gasteiger partial charge on any atom is -0.402 e. The van der Waals surface area contributed by atoms with Crippen LogP contribution in [-0.2, 0) is 14.8 Å². The molecule has 0 saturated carbocycles. The summed E-state index contributed by atoms with van der Waals surface area (Å²) in [6, 6.07) is 2.02. The van der Waals surface area contributed by atoms with Crippen molar-refractivity contribution in [1.82, 2.24) is 14.3 Å². The molecule has 188 valence electrons. The third-order valence-corrected chi connectivity index (χ3v) is 9.03. The molecule has 1 unspecified atom stereocenters. The van der Waals surface area contributed by atoms with Gasteiger partial charge in [-0.25, -0.2) is 13.4 Å². The van der Waals surface area contributed by atoms with E-state index in [0.717, 1.165) is 50.6 Å². The normalized spacial score (nSPS) is 28.0. The van der Waals surface area contributed by atoms with Crippen LogP contribution in [0.5, 0.6) is 0 Å². The van der Waals surface area contributed by atoms with Gasteiger partial charge in [0.1, 0.15) is 11.7 Å². The molecular formula is C23H37N7O3S. The van der Waals surface area contributed by atoms with Crippen LogP contribution >= 0.6 is 0 Å². The summed E-state index contributed by atoms with van der Waals surface area (Å²) >= 11 is 0. The van der Waals surface area contributed by atoms with Crippen molar-refractivity contribution in [1.29, 1.82) is 5.41 Å². The number of amidine groups is 1. The van der Waals surface area contributed by atoms with Crippen molar-refractivity contribution in [3.8, 4) is 0 Å². The number of anilines is 2. The number of nitrogens with two attached hydrogens (primary N) is 1. The predicted molar refractivity (Wildman–Crippen MR) is 133 cm³/mol. The van der Waals surface area contributed by atoms with Crippen LogP contribution in [0.25, 0.3) is 0 Å². The first-order chi connectivity index (χ1) is 16.2. The van der Waals surface area contributed by atoms with E-state index in [4.69, 9.17) is 25.8 Å². The monoisotopic (exact) mass is 491 g/mol. The first kappa shape index (κ1) is 24.9. The molecule has 3 aliphatic rings. The molecule has 2 bridgehead atoms. The molecule has 10 nitrogen and oxygen atoms in total. The average Bonchev–Trinajstić information content (AvgIpc) is 3.32. The molecule has 4 rings (SSSR count). The summed E-state index contributed by atoms with van der Waals surface area (Å²) in [4.78, 5) is 11.6. The number of aromatic nitrogens is 2. The third kappa shape index (κ3) is 5.36. The molecule has 0 amide bonds. The van der Waals surface area contributed by atoms with Gasteiger partial charge in [0, 0.05) is 43.5 Å². The Morgan fingerprint density at radius 1 is 1.29 bits per heavy atom. The maximum atomic E-state index is 12.8. The fraction of sp³-hybridized carbons (Fsp3) is 0.696. The van der Waals surface area contributed by atoms with Gasteiger partial charge in [0.2, 0.25) is 16.0 Å². The number of hydrogen-bond donors (Lipinski definition) is 3. The number of hydrogen-bond acceptors (Lipinski definition) is 8. The van der Waals surface area contributed by atoms with Crippen molar-refractivity contribution < 1.29 is 13.2 Å². The Hall–Kier alpha value is -2.24. The van der Waals surface area contributed by atoms with E-state index in [1.165, 1.54) is 0 Å². The van der Waals surface area contributed by atoms with E-state index in [2.05, 4.69) is 10.2 Å². The third-order valence-electron chi connectivity index (χ3n) is 7.06. The zero-order chi connectivity index (χ0) is 24.5. The second-order valence-electron chi connectivity index (χ2n) is 9.61. The molecule has 1 aromatic rings. The number of rotatable bonds is 7. The van der Waals surface area contributed by atoms with Gasteiger partial charge in [0.15, 0.2) is 0 Å². The van der Waals surface area contributed by atoms with Crippen LogP contribution in [0.4, 0.5) is 11.8 Å². The molecule has 1 aromatic heterocycles. The highest BCUT2D eigenvalue weighted by Crippen LogP contribution is 2.39. The number of sulfonamides is 1. The second-order valence-corrected chi connectivity index (χ2v) is 11.8. The van der Waals surface area contributed by atoms with Crippen LogP contribution in [0.15, 0.2) is 17.8 Å². The van der Waals surface area contributed by atoms with E-state index in [1.807, 2.05) is 13.1 Å². The molecule has 0 radical (unpaired) electrons. The second kappa shape index (κ2) is 10.2. The number of ether oxygens (including phenoxy) is 1. The first-order valence-corrected chi connectivity index (χ1v) is 13.8. The van der Waals surface area contributed by atoms with Crippen molar-refractivity contribution in [2.75, 3.05) is 29.6 Å². The van der Waals surface area contributed by atoms with Crippen LogP contribution in [0.1, 0.15) is 70.6 Å². The Bertz CT molecular complexity index is 1020. The van der Waals surface area contributed by atoms with Crippen LogP contribution in [0.2, 0.25) is 0 Å². The van der Waals surface area contributed by atoms with Gasteiger partial charge in [-0.3, -0.25) is 5.41 Å². The van der Waals surface area contributed by atoms with Gasteiger partial charge < -0.3 is 20.7 Å². The Morgan fingerprint density at radius 2 is 2.00 bits per heavy atom. The van der Waals surface area contributed by atoms with Gasteiger partial charge in [-0.05, 0) is 58.4 Å². The maximum Gasteiger partial charge on any atom is 0.227 e. The smallest absolute Gasteiger partial charge is 0.227 e. The van der Waals surface area contributed by atoms with Crippen LogP contribution in [0, 0.1) is 5.41 Å². The predicted octanol–water partition coefficient (Wildman–Crippen LogP) is 2.75. The Morgan fingerprint density at radius 3 is 2.59 bits per heavy atom. The van der Waals surface area contributed by atoms with E-state index in [1.54, 1.807) is 24.2 Å². The minimum absolute atomic E-state index is 0.0229. The first-order valence-electron chi connectivity index (χ1n) is 12.2. The summed E-state index contributed by atoms with van der Waals surface area (Å²) in [5.41, 5.74) is 7.05. The van der Waals surface area contributed by atoms with E-state index in [0.29, 0.717) is 24.1 Å². The minimum atomic E-state index is -3.22. The molecule has 4 heterocycles. The average molecular weight is 492 g/mol. The highest BCUT2D eigenvalue weighted by atomic mass is 32.2. The lowest BCUT2D eigenvalue weighted by Gasteiger charge is -2.49. The van der Waals surface area contributed by atoms with E-state index in [-0.39, 0.29) is 35.8 Å². The van der Waals surface area contributed by atoms with Crippen LogP contribution in [-0.4, -0.2) is 66.1 Å². The number of nitrogens with one attached hydrogen (secondary N) is 2. The Kier molecular flexibility index (Phi) is 7.44. The molecule has 0 aromatic carbocycles. The lowest BCUT2D eigenvalue weighted by atomic mass is 9.83. The fourth-order valence-electron chi connectivity index (χ4n) is 5.44. The zero-order valence-electron chi connectivity index (χ0n) is 20.3. The van der Waals surface area contributed by atoms with Crippen molar-refractivity contribution in [3.05, 3.63) is 23.5 Å². The van der Waals surface area contributed by atoms with Crippen molar-refractivity contribution in [3.63, 3.8) is 0 Å². The highest BCUT2D eigenvalue weighted by Gasteiger charge is 2.45. The van der Waals surface area contributed by atoms with Crippen molar-refractivity contribution in [2.24, 2.45) is 5.73 Å². The Balaban J connectivity index is 1.60. The molecule has 11 heteroatoms. The molecule has 34 heavy (non-hydrogen) atoms. The number of fused-ring (bicyclic) bond motifs is 2. The molecular weight excluding hydrogens is 454 g/mol. The lowest BCUT2D eigenvalue weighted by molar-refractivity contribution is 0.107. The topological polar surface area (TPSA) is 138 Å². The standard InChI is InChI=1S/C23H37N7O3S/c1-4-34(31,32)30-16-7-5-8-17(30)13-18(12-16)29(3)23-26-19(20-9-6-10-33-20)14-22(28-23)27-21(25)11-15(2)24/h11,14,16-18,20H,4-10,12-13,24H2,1-3H3,(H2,25,26,27,28)/b15-11-/t16-,17+,18-,20?. The quantitative estimate of drug-likeness (QED) is 0.391. The zero-order valence-corrected chi connectivity index (χ0v) is 21.1. The van der Waals surface area contributed by atoms with E-state index >= 15 is 0 Å². The lowest BCUT2D eigenvalue weighted by Crippen LogP contribution is -2.58. The van der Waals surface area contributed by atoms with E-state index < -0.39 is 10.0 Å². The summed E-state index contributed by atoms with van der Waals surface area (Å²) in [6.45, 7) is 4.16. The highest BCUT2D eigenvalue weighted by molar-refractivity contribution is 7.89. The largest absolute Gasteiger partial charge is 0.402 e. The van der Waals surface area contributed by atoms with Gasteiger partial charge >= 0.3 is 0 Å². The van der Waals surface area contributed by atoms with E-state index in [9.17, 15) is 8.42 Å². The number of allylic oxidation sites excluding steroid dienone is 1. The summed E-state index contributed by atoms with van der Waals surface area (Å²) in [7, 11) is -1.24. The van der Waals surface area contributed by atoms with Crippen molar-refractivity contribution >= 4 is 27.6 Å². The summed E-state index contributed by atoms with van der Waals surface area (Å²) in [6.07, 6.45) is 7.71. The van der Waals surface area contributed by atoms with Crippen LogP contribution in [0.3, 0.4) is 0 Å². The summed E-state index contributed by atoms with van der Waals surface area (Å²) in [5, 5.41) is 11.2. The molecule has 4 N–H and O–H groups in total. The van der Waals surface area contributed by atoms with Gasteiger partial charge in [0.05, 0.1) is 17.6 Å². The molecule has 3 saturated heterocycles. The van der Waals surface area contributed by atoms with Gasteiger partial charge in [-0.2, -0.15) is 9.29 Å². The van der Waals surface area contributed by atoms with Crippen LogP contribution < -0.4 is 16.0 Å². The molecule has 4 atom stereocenters. The number of nitrogens with zero attached hydrogens (tertiary/aromatic N) is 4. The van der Waals surface area contributed by atoms with Crippen molar-refractivity contribution in [2.45, 2.75) is 83.0 Å².